The molecule has 0 radical (unpaired) electrons. The van der Waals surface area contributed by atoms with Crippen LogP contribution >= 0.6 is 35.0 Å². The molecule has 0 saturated heterocycles. The molecule has 0 aliphatic carbocycles. The van der Waals surface area contributed by atoms with Gasteiger partial charge in [0, 0.05) is 12.2 Å². The molecule has 0 saturated carbocycles. The topological polar surface area (TPSA) is 32.3 Å². The first kappa shape index (κ1) is 13.8. The van der Waals surface area contributed by atoms with Crippen LogP contribution in [0.2, 0.25) is 10.0 Å². The first-order chi connectivity index (χ1) is 7.65. The Hall–Kier alpha value is -0.250. The van der Waals surface area contributed by atoms with Gasteiger partial charge in [0.15, 0.2) is 5.75 Å². The number of phenols is 1. The van der Waals surface area contributed by atoms with Crippen molar-refractivity contribution >= 4 is 40.7 Å². The Kier molecular flexibility index (Phi) is 6.17. The molecule has 2 nitrogen and oxygen atoms in total. The summed E-state index contributed by atoms with van der Waals surface area (Å²) in [6.07, 6.45) is 4.40. The maximum atomic E-state index is 9.38. The Labute approximate surface area is 110 Å². The predicted molar refractivity (Wildman–Crippen MR) is 74.2 cm³/mol. The van der Waals surface area contributed by atoms with Crippen LogP contribution in [0.4, 0.5) is 5.69 Å². The molecule has 0 spiro atoms. The fourth-order valence-corrected chi connectivity index (χ4v) is 2.25. The smallest absolute Gasteiger partial charge is 0.152 e. The Balaban J connectivity index is 2.43. The lowest BCUT2D eigenvalue weighted by Crippen LogP contribution is -2.01. The molecular formula is C11H15Cl2NOS. The molecule has 1 rings (SSSR count). The molecule has 16 heavy (non-hydrogen) atoms. The Bertz CT molecular complexity index is 324. The summed E-state index contributed by atoms with van der Waals surface area (Å²) in [5.41, 5.74) is 0.844. The minimum atomic E-state index is -0.0590. The van der Waals surface area contributed by atoms with Gasteiger partial charge in [0.25, 0.3) is 0 Å². The van der Waals surface area contributed by atoms with Gasteiger partial charge in [-0.2, -0.15) is 11.8 Å². The second-order valence-corrected chi connectivity index (χ2v) is 5.22. The minimum absolute atomic E-state index is 0.0590. The first-order valence-electron chi connectivity index (χ1n) is 5.06. The number of hydrogen-bond acceptors (Lipinski definition) is 3. The summed E-state index contributed by atoms with van der Waals surface area (Å²) in [4.78, 5) is 0. The number of unbranched alkanes of at least 4 members (excludes halogenated alkanes) is 1. The maximum Gasteiger partial charge on any atom is 0.152 e. The molecule has 2 N–H and O–H groups in total. The number of aromatic hydroxyl groups is 1. The molecule has 0 heterocycles. The number of halogens is 2. The fraction of sp³-hybridized carbons (Fsp3) is 0.455. The van der Waals surface area contributed by atoms with Crippen molar-refractivity contribution in [2.24, 2.45) is 0 Å². The SMILES string of the molecule is CSCCCCNc1cc(Cl)c(O)c(Cl)c1. The van der Waals surface area contributed by atoms with Crippen LogP contribution in [0.25, 0.3) is 0 Å². The quantitative estimate of drug-likeness (QED) is 0.603. The molecule has 0 amide bonds. The van der Waals surface area contributed by atoms with Crippen molar-refractivity contribution in [1.82, 2.24) is 0 Å². The highest BCUT2D eigenvalue weighted by molar-refractivity contribution is 7.98. The molecular weight excluding hydrogens is 265 g/mol. The van der Waals surface area contributed by atoms with E-state index in [1.54, 1.807) is 12.1 Å². The lowest BCUT2D eigenvalue weighted by atomic mass is 10.2. The number of hydrogen-bond donors (Lipinski definition) is 2. The van der Waals surface area contributed by atoms with Gasteiger partial charge in [-0.15, -0.1) is 0 Å². The van der Waals surface area contributed by atoms with E-state index in [0.29, 0.717) is 0 Å². The zero-order chi connectivity index (χ0) is 12.0. The van der Waals surface area contributed by atoms with Crippen molar-refractivity contribution in [3.05, 3.63) is 22.2 Å². The standard InChI is InChI=1S/C11H15Cl2NOS/c1-16-5-3-2-4-14-8-6-9(12)11(15)10(13)7-8/h6-7,14-15H,2-5H2,1H3. The minimum Gasteiger partial charge on any atom is -0.505 e. The highest BCUT2D eigenvalue weighted by Crippen LogP contribution is 2.34. The number of thioether (sulfide) groups is 1. The number of phenolic OH excluding ortho intramolecular Hbond substituents is 1. The van der Waals surface area contributed by atoms with Gasteiger partial charge in [0.05, 0.1) is 10.0 Å². The fourth-order valence-electron chi connectivity index (χ4n) is 1.27. The molecule has 1 aromatic rings. The Morgan fingerprint density at radius 3 is 2.44 bits per heavy atom. The molecule has 0 aromatic heterocycles. The number of anilines is 1. The molecule has 0 fully saturated rings. The highest BCUT2D eigenvalue weighted by Gasteiger charge is 2.05. The first-order valence-corrected chi connectivity index (χ1v) is 7.21. The van der Waals surface area contributed by atoms with Crippen LogP contribution in [-0.4, -0.2) is 23.7 Å². The molecule has 0 unspecified atom stereocenters. The third-order valence-corrected chi connectivity index (χ3v) is 3.39. The molecule has 0 atom stereocenters. The van der Waals surface area contributed by atoms with E-state index in [9.17, 15) is 5.11 Å². The highest BCUT2D eigenvalue weighted by atomic mass is 35.5. The van der Waals surface area contributed by atoms with E-state index in [0.717, 1.165) is 18.7 Å². The summed E-state index contributed by atoms with van der Waals surface area (Å²) in [5.74, 6) is 1.12. The van der Waals surface area contributed by atoms with Crippen molar-refractivity contribution in [1.29, 1.82) is 0 Å². The van der Waals surface area contributed by atoms with Crippen molar-refractivity contribution in [3.8, 4) is 5.75 Å². The summed E-state index contributed by atoms with van der Waals surface area (Å²) in [5, 5.41) is 13.2. The summed E-state index contributed by atoms with van der Waals surface area (Å²) in [6.45, 7) is 0.887. The van der Waals surface area contributed by atoms with E-state index in [2.05, 4.69) is 11.6 Å². The average molecular weight is 280 g/mol. The molecule has 90 valence electrons. The van der Waals surface area contributed by atoms with Gasteiger partial charge in [-0.1, -0.05) is 23.2 Å². The Morgan fingerprint density at radius 2 is 1.88 bits per heavy atom. The molecule has 1 aromatic carbocycles. The van der Waals surface area contributed by atoms with Gasteiger partial charge in [-0.25, -0.2) is 0 Å². The largest absolute Gasteiger partial charge is 0.505 e. The van der Waals surface area contributed by atoms with Crippen LogP contribution in [0.5, 0.6) is 5.75 Å². The van der Waals surface area contributed by atoms with E-state index in [-0.39, 0.29) is 15.8 Å². The number of rotatable bonds is 6. The van der Waals surface area contributed by atoms with Crippen LogP contribution in [0.15, 0.2) is 12.1 Å². The summed E-state index contributed by atoms with van der Waals surface area (Å²) < 4.78 is 0. The molecule has 0 aliphatic heterocycles. The van der Waals surface area contributed by atoms with Gasteiger partial charge in [-0.05, 0) is 37.0 Å². The van der Waals surface area contributed by atoms with Crippen molar-refractivity contribution < 1.29 is 5.11 Å². The van der Waals surface area contributed by atoms with Crippen LogP contribution in [-0.2, 0) is 0 Å². The van der Waals surface area contributed by atoms with E-state index < -0.39 is 0 Å². The normalized spacial score (nSPS) is 10.4. The van der Waals surface area contributed by atoms with E-state index in [4.69, 9.17) is 23.2 Å². The second kappa shape index (κ2) is 7.15. The van der Waals surface area contributed by atoms with Gasteiger partial charge in [-0.3, -0.25) is 0 Å². The lowest BCUT2D eigenvalue weighted by Gasteiger charge is -2.08. The Morgan fingerprint density at radius 1 is 1.25 bits per heavy atom. The van der Waals surface area contributed by atoms with Gasteiger partial charge in [0.1, 0.15) is 0 Å². The number of benzene rings is 1. The van der Waals surface area contributed by atoms with Crippen molar-refractivity contribution in [3.63, 3.8) is 0 Å². The van der Waals surface area contributed by atoms with Crippen molar-refractivity contribution in [2.75, 3.05) is 23.9 Å². The summed E-state index contributed by atoms with van der Waals surface area (Å²) in [7, 11) is 0. The second-order valence-electron chi connectivity index (χ2n) is 3.42. The van der Waals surface area contributed by atoms with Crippen LogP contribution in [0, 0.1) is 0 Å². The van der Waals surface area contributed by atoms with Crippen molar-refractivity contribution in [2.45, 2.75) is 12.8 Å². The van der Waals surface area contributed by atoms with E-state index >= 15 is 0 Å². The van der Waals surface area contributed by atoms with Crippen LogP contribution in [0.1, 0.15) is 12.8 Å². The van der Waals surface area contributed by atoms with E-state index in [1.165, 1.54) is 12.2 Å². The van der Waals surface area contributed by atoms with Crippen LogP contribution < -0.4 is 5.32 Å². The lowest BCUT2D eigenvalue weighted by molar-refractivity contribution is 0.476. The van der Waals surface area contributed by atoms with Crippen LogP contribution in [0.3, 0.4) is 0 Å². The third-order valence-electron chi connectivity index (χ3n) is 2.12. The zero-order valence-corrected chi connectivity index (χ0v) is 11.4. The molecule has 0 aliphatic rings. The third kappa shape index (κ3) is 4.32. The summed E-state index contributed by atoms with van der Waals surface area (Å²) in [6, 6.07) is 3.36. The number of nitrogens with one attached hydrogen (secondary N) is 1. The maximum absolute atomic E-state index is 9.38. The van der Waals surface area contributed by atoms with Gasteiger partial charge < -0.3 is 10.4 Å². The molecule has 5 heteroatoms. The average Bonchev–Trinajstić information content (AvgIpc) is 2.25. The monoisotopic (exact) mass is 279 g/mol. The van der Waals surface area contributed by atoms with Gasteiger partial charge in [0.2, 0.25) is 0 Å². The van der Waals surface area contributed by atoms with Gasteiger partial charge >= 0.3 is 0 Å². The summed E-state index contributed by atoms with van der Waals surface area (Å²) >= 11 is 13.5. The zero-order valence-electron chi connectivity index (χ0n) is 9.09. The predicted octanol–water partition coefficient (Wildman–Crippen LogP) is 4.25. The molecule has 0 bridgehead atoms. The van der Waals surface area contributed by atoms with E-state index in [1.807, 2.05) is 11.8 Å².